The zero-order valence-corrected chi connectivity index (χ0v) is 12.3. The molecule has 2 rings (SSSR count). The van der Waals surface area contributed by atoms with Crippen molar-refractivity contribution >= 4 is 45.5 Å². The zero-order valence-electron chi connectivity index (χ0n) is 9.37. The summed E-state index contributed by atoms with van der Waals surface area (Å²) in [5, 5.41) is 4.87. The molecule has 0 radical (unpaired) electrons. The summed E-state index contributed by atoms with van der Waals surface area (Å²) in [6.45, 7) is 2.06. The van der Waals surface area contributed by atoms with Gasteiger partial charge in [-0.2, -0.15) is 0 Å². The molecule has 0 aliphatic rings. The number of hydrogen-bond donors (Lipinski definition) is 1. The molecule has 0 saturated heterocycles. The fourth-order valence-electron chi connectivity index (χ4n) is 1.53. The number of nitrogens with one attached hydrogen (secondary N) is 1. The lowest BCUT2D eigenvalue weighted by atomic mass is 10.2. The van der Waals surface area contributed by atoms with Gasteiger partial charge in [-0.25, -0.2) is 0 Å². The van der Waals surface area contributed by atoms with Crippen LogP contribution in [0, 0.1) is 3.57 Å². The Kier molecular flexibility index (Phi) is 4.17. The van der Waals surface area contributed by atoms with Crippen LogP contribution in [0.25, 0.3) is 0 Å². The monoisotopic (exact) mass is 357 g/mol. The average Bonchev–Trinajstić information content (AvgIpc) is 2.80. The van der Waals surface area contributed by atoms with Gasteiger partial charge in [0, 0.05) is 9.26 Å². The van der Waals surface area contributed by atoms with Crippen LogP contribution in [0.5, 0.6) is 0 Å². The van der Waals surface area contributed by atoms with Crippen molar-refractivity contribution in [2.45, 2.75) is 13.3 Å². The first-order chi connectivity index (χ1) is 8.20. The minimum Gasteiger partial charge on any atom is -0.321 e. The highest BCUT2D eigenvalue weighted by Gasteiger charge is 2.11. The number of carbonyl (C=O) groups is 1. The maximum Gasteiger partial charge on any atom is 0.266 e. The number of aryl methyl sites for hydroxylation is 1. The standard InChI is InChI=1S/C13H12INOS/c1-2-9-7-8-17-12(9)13(16)15-11-5-3-10(14)4-6-11/h3-8H,2H2,1H3,(H,15,16). The maximum atomic E-state index is 12.0. The van der Waals surface area contributed by atoms with E-state index in [2.05, 4.69) is 34.8 Å². The third-order valence-corrected chi connectivity index (χ3v) is 4.11. The van der Waals surface area contributed by atoms with Gasteiger partial charge in [0.25, 0.3) is 5.91 Å². The summed E-state index contributed by atoms with van der Waals surface area (Å²) in [5.41, 5.74) is 1.95. The molecular weight excluding hydrogens is 345 g/mol. The number of rotatable bonds is 3. The fourth-order valence-corrected chi connectivity index (χ4v) is 2.78. The van der Waals surface area contributed by atoms with Gasteiger partial charge in [0.1, 0.15) is 0 Å². The normalized spacial score (nSPS) is 10.2. The lowest BCUT2D eigenvalue weighted by molar-refractivity contribution is 0.103. The number of amides is 1. The van der Waals surface area contributed by atoms with Crippen molar-refractivity contribution in [3.63, 3.8) is 0 Å². The zero-order chi connectivity index (χ0) is 12.3. The van der Waals surface area contributed by atoms with E-state index in [-0.39, 0.29) is 5.91 Å². The van der Waals surface area contributed by atoms with E-state index in [9.17, 15) is 4.79 Å². The van der Waals surface area contributed by atoms with Crippen molar-refractivity contribution < 1.29 is 4.79 Å². The summed E-state index contributed by atoms with van der Waals surface area (Å²) >= 11 is 3.73. The van der Waals surface area contributed by atoms with Crippen molar-refractivity contribution in [1.29, 1.82) is 0 Å². The largest absolute Gasteiger partial charge is 0.321 e. The van der Waals surface area contributed by atoms with E-state index in [1.165, 1.54) is 11.3 Å². The average molecular weight is 357 g/mol. The van der Waals surface area contributed by atoms with Gasteiger partial charge in [-0.1, -0.05) is 6.92 Å². The van der Waals surface area contributed by atoms with E-state index in [0.717, 1.165) is 26.1 Å². The molecule has 1 aromatic heterocycles. The van der Waals surface area contributed by atoms with Crippen molar-refractivity contribution in [2.75, 3.05) is 5.32 Å². The van der Waals surface area contributed by atoms with Gasteiger partial charge in [-0.15, -0.1) is 11.3 Å². The van der Waals surface area contributed by atoms with E-state index in [1.54, 1.807) is 0 Å². The third kappa shape index (κ3) is 3.07. The summed E-state index contributed by atoms with van der Waals surface area (Å²) < 4.78 is 1.16. The first-order valence-electron chi connectivity index (χ1n) is 5.34. The Labute approximate surface area is 118 Å². The van der Waals surface area contributed by atoms with Crippen LogP contribution in [-0.4, -0.2) is 5.91 Å². The Morgan fingerprint density at radius 3 is 2.65 bits per heavy atom. The number of thiophene rings is 1. The Balaban J connectivity index is 2.14. The molecule has 2 aromatic rings. The molecule has 0 spiro atoms. The Hall–Kier alpha value is -0.880. The van der Waals surface area contributed by atoms with Gasteiger partial charge in [0.2, 0.25) is 0 Å². The molecule has 0 saturated carbocycles. The van der Waals surface area contributed by atoms with Crippen LogP contribution < -0.4 is 5.32 Å². The van der Waals surface area contributed by atoms with Gasteiger partial charge in [0.05, 0.1) is 4.88 Å². The summed E-state index contributed by atoms with van der Waals surface area (Å²) in [6, 6.07) is 9.79. The molecule has 0 fully saturated rings. The first kappa shape index (κ1) is 12.6. The molecule has 88 valence electrons. The molecule has 1 aromatic carbocycles. The minimum absolute atomic E-state index is 0.0157. The molecule has 0 unspecified atom stereocenters. The molecule has 0 aliphatic heterocycles. The van der Waals surface area contributed by atoms with Crippen LogP contribution >= 0.6 is 33.9 Å². The second kappa shape index (κ2) is 5.64. The predicted octanol–water partition coefficient (Wildman–Crippen LogP) is 4.17. The number of carbonyl (C=O) groups excluding carboxylic acids is 1. The van der Waals surface area contributed by atoms with Crippen LogP contribution in [0.1, 0.15) is 22.2 Å². The second-order valence-electron chi connectivity index (χ2n) is 3.59. The third-order valence-electron chi connectivity index (χ3n) is 2.44. The van der Waals surface area contributed by atoms with E-state index >= 15 is 0 Å². The summed E-state index contributed by atoms with van der Waals surface area (Å²) in [5.74, 6) is -0.0157. The molecule has 1 amide bonds. The fraction of sp³-hybridized carbons (Fsp3) is 0.154. The Morgan fingerprint density at radius 1 is 1.29 bits per heavy atom. The van der Waals surface area contributed by atoms with Crippen molar-refractivity contribution in [2.24, 2.45) is 0 Å². The van der Waals surface area contributed by atoms with Crippen LogP contribution in [-0.2, 0) is 6.42 Å². The van der Waals surface area contributed by atoms with E-state index in [0.29, 0.717) is 0 Å². The predicted molar refractivity (Wildman–Crippen MR) is 80.8 cm³/mol. The molecule has 17 heavy (non-hydrogen) atoms. The molecule has 4 heteroatoms. The van der Waals surface area contributed by atoms with Crippen LogP contribution in [0.2, 0.25) is 0 Å². The molecule has 0 bridgehead atoms. The number of anilines is 1. The van der Waals surface area contributed by atoms with Crippen molar-refractivity contribution in [3.05, 3.63) is 49.7 Å². The Morgan fingerprint density at radius 2 is 2.00 bits per heavy atom. The summed E-state index contributed by atoms with van der Waals surface area (Å²) in [4.78, 5) is 12.8. The highest BCUT2D eigenvalue weighted by molar-refractivity contribution is 14.1. The van der Waals surface area contributed by atoms with E-state index in [1.807, 2.05) is 35.7 Å². The lowest BCUT2D eigenvalue weighted by Gasteiger charge is -2.05. The smallest absolute Gasteiger partial charge is 0.266 e. The lowest BCUT2D eigenvalue weighted by Crippen LogP contribution is -2.11. The molecular formula is C13H12INOS. The molecule has 1 heterocycles. The molecule has 0 atom stereocenters. The number of hydrogen-bond acceptors (Lipinski definition) is 2. The summed E-state index contributed by atoms with van der Waals surface area (Å²) in [7, 11) is 0. The van der Waals surface area contributed by atoms with Crippen LogP contribution in [0.4, 0.5) is 5.69 Å². The van der Waals surface area contributed by atoms with Gasteiger partial charge < -0.3 is 5.32 Å². The molecule has 1 N–H and O–H groups in total. The highest BCUT2D eigenvalue weighted by Crippen LogP contribution is 2.19. The van der Waals surface area contributed by atoms with Crippen LogP contribution in [0.15, 0.2) is 35.7 Å². The highest BCUT2D eigenvalue weighted by atomic mass is 127. The minimum atomic E-state index is -0.0157. The van der Waals surface area contributed by atoms with Gasteiger partial charge in [-0.05, 0) is 70.3 Å². The van der Waals surface area contributed by atoms with Crippen molar-refractivity contribution in [3.8, 4) is 0 Å². The SMILES string of the molecule is CCc1ccsc1C(=O)Nc1ccc(I)cc1. The van der Waals surface area contributed by atoms with Crippen molar-refractivity contribution in [1.82, 2.24) is 0 Å². The number of halogens is 1. The van der Waals surface area contributed by atoms with E-state index in [4.69, 9.17) is 0 Å². The Bertz CT molecular complexity index is 518. The second-order valence-corrected chi connectivity index (χ2v) is 5.75. The first-order valence-corrected chi connectivity index (χ1v) is 7.30. The molecule has 0 aliphatic carbocycles. The number of benzene rings is 1. The quantitative estimate of drug-likeness (QED) is 0.821. The maximum absolute atomic E-state index is 12.0. The topological polar surface area (TPSA) is 29.1 Å². The van der Waals surface area contributed by atoms with Gasteiger partial charge >= 0.3 is 0 Å². The van der Waals surface area contributed by atoms with Gasteiger partial charge in [-0.3, -0.25) is 4.79 Å². The summed E-state index contributed by atoms with van der Waals surface area (Å²) in [6.07, 6.45) is 0.888. The van der Waals surface area contributed by atoms with Gasteiger partial charge in [0.15, 0.2) is 0 Å². The molecule has 2 nitrogen and oxygen atoms in total. The van der Waals surface area contributed by atoms with E-state index < -0.39 is 0 Å². The van der Waals surface area contributed by atoms with Crippen LogP contribution in [0.3, 0.4) is 0 Å².